The van der Waals surface area contributed by atoms with Crippen LogP contribution < -0.4 is 5.32 Å². The molecule has 0 aliphatic heterocycles. The minimum Gasteiger partial charge on any atom is -0.481 e. The molecule has 6 nitrogen and oxygen atoms in total. The van der Waals surface area contributed by atoms with Crippen molar-refractivity contribution in [3.8, 4) is 0 Å². The lowest BCUT2D eigenvalue weighted by Crippen LogP contribution is -2.40. The molecule has 0 bridgehead atoms. The van der Waals surface area contributed by atoms with Crippen LogP contribution in [0.15, 0.2) is 11.4 Å². The van der Waals surface area contributed by atoms with Crippen molar-refractivity contribution in [3.63, 3.8) is 0 Å². The summed E-state index contributed by atoms with van der Waals surface area (Å²) in [7, 11) is 0. The molecule has 2 N–H and O–H groups in total. The Labute approximate surface area is 125 Å². The number of hydrogen-bond donors (Lipinski definition) is 2. The Morgan fingerprint density at radius 1 is 1.50 bits per heavy atom. The zero-order chi connectivity index (χ0) is 14.7. The van der Waals surface area contributed by atoms with Gasteiger partial charge in [0.2, 0.25) is 0 Å². The van der Waals surface area contributed by atoms with Crippen LogP contribution >= 0.6 is 23.4 Å². The van der Waals surface area contributed by atoms with E-state index in [1.54, 1.807) is 6.26 Å². The van der Waals surface area contributed by atoms with Crippen LogP contribution in [0.25, 0.3) is 0 Å². The van der Waals surface area contributed by atoms with Crippen molar-refractivity contribution in [2.75, 3.05) is 6.26 Å². The van der Waals surface area contributed by atoms with Crippen LogP contribution in [0.1, 0.15) is 29.8 Å². The highest BCUT2D eigenvalue weighted by Crippen LogP contribution is 2.26. The fourth-order valence-electron chi connectivity index (χ4n) is 2.27. The summed E-state index contributed by atoms with van der Waals surface area (Å²) in [5.74, 6) is -1.88. The SMILES string of the molecule is CSc1ncc(Cl)c(C(=O)NC2CCCC2C(=O)O)n1. The maximum Gasteiger partial charge on any atom is 0.308 e. The molecule has 2 unspecified atom stereocenters. The summed E-state index contributed by atoms with van der Waals surface area (Å²) >= 11 is 7.22. The molecule has 1 saturated carbocycles. The van der Waals surface area contributed by atoms with E-state index in [-0.39, 0.29) is 16.8 Å². The first-order valence-corrected chi connectivity index (χ1v) is 7.73. The van der Waals surface area contributed by atoms with Gasteiger partial charge in [0.1, 0.15) is 0 Å². The van der Waals surface area contributed by atoms with Crippen molar-refractivity contribution in [1.29, 1.82) is 0 Å². The van der Waals surface area contributed by atoms with E-state index in [0.717, 1.165) is 6.42 Å². The number of rotatable bonds is 4. The van der Waals surface area contributed by atoms with E-state index < -0.39 is 17.8 Å². The van der Waals surface area contributed by atoms with Gasteiger partial charge in [-0.1, -0.05) is 29.8 Å². The van der Waals surface area contributed by atoms with Gasteiger partial charge in [0.25, 0.3) is 5.91 Å². The molecule has 2 rings (SSSR count). The van der Waals surface area contributed by atoms with E-state index in [1.807, 2.05) is 0 Å². The predicted octanol–water partition coefficient (Wildman–Crippen LogP) is 1.83. The molecule has 8 heteroatoms. The number of thioether (sulfide) groups is 1. The molecule has 0 spiro atoms. The second kappa shape index (κ2) is 6.41. The minimum absolute atomic E-state index is 0.0852. The quantitative estimate of drug-likeness (QED) is 0.650. The van der Waals surface area contributed by atoms with Crippen molar-refractivity contribution in [3.05, 3.63) is 16.9 Å². The van der Waals surface area contributed by atoms with Crippen molar-refractivity contribution in [1.82, 2.24) is 15.3 Å². The number of hydrogen-bond acceptors (Lipinski definition) is 5. The van der Waals surface area contributed by atoms with Crippen LogP contribution in [0.4, 0.5) is 0 Å². The van der Waals surface area contributed by atoms with Crippen LogP contribution in [-0.4, -0.2) is 39.2 Å². The molecule has 1 aromatic rings. The maximum atomic E-state index is 12.2. The number of aromatic nitrogens is 2. The molecule has 108 valence electrons. The second-order valence-corrected chi connectivity index (χ2v) is 5.69. The summed E-state index contributed by atoms with van der Waals surface area (Å²) in [6.07, 6.45) is 5.19. The van der Waals surface area contributed by atoms with Crippen LogP contribution in [0.3, 0.4) is 0 Å². The average molecular weight is 316 g/mol. The standard InChI is InChI=1S/C12H14ClN3O3S/c1-20-12-14-5-7(13)9(16-12)10(17)15-8-4-2-3-6(8)11(18)19/h5-6,8H,2-4H2,1H3,(H,15,17)(H,18,19). The number of nitrogens with one attached hydrogen (secondary N) is 1. The number of aliphatic carboxylic acids is 1. The molecule has 2 atom stereocenters. The summed E-state index contributed by atoms with van der Waals surface area (Å²) in [6.45, 7) is 0. The van der Waals surface area contributed by atoms with Gasteiger partial charge in [0.05, 0.1) is 17.1 Å². The average Bonchev–Trinajstić information content (AvgIpc) is 2.87. The van der Waals surface area contributed by atoms with Gasteiger partial charge < -0.3 is 10.4 Å². The Balaban J connectivity index is 2.14. The second-order valence-electron chi connectivity index (χ2n) is 4.51. The monoisotopic (exact) mass is 315 g/mol. The molecule has 0 aromatic carbocycles. The molecule has 1 aromatic heterocycles. The molecular formula is C12H14ClN3O3S. The third kappa shape index (κ3) is 3.21. The lowest BCUT2D eigenvalue weighted by atomic mass is 10.0. The van der Waals surface area contributed by atoms with Gasteiger partial charge in [-0.3, -0.25) is 9.59 Å². The van der Waals surface area contributed by atoms with E-state index in [2.05, 4.69) is 15.3 Å². The Hall–Kier alpha value is -1.34. The lowest BCUT2D eigenvalue weighted by molar-refractivity contribution is -0.142. The van der Waals surface area contributed by atoms with E-state index >= 15 is 0 Å². The van der Waals surface area contributed by atoms with Crippen molar-refractivity contribution >= 4 is 35.2 Å². The molecule has 0 saturated heterocycles. The molecular weight excluding hydrogens is 302 g/mol. The minimum atomic E-state index is -0.883. The first kappa shape index (κ1) is 15.1. The summed E-state index contributed by atoms with van der Waals surface area (Å²) < 4.78 is 0. The fourth-order valence-corrected chi connectivity index (χ4v) is 2.79. The number of carboxylic acid groups (broad SMARTS) is 1. The molecule has 1 amide bonds. The Morgan fingerprint density at radius 3 is 2.90 bits per heavy atom. The van der Waals surface area contributed by atoms with Crippen molar-refractivity contribution in [2.24, 2.45) is 5.92 Å². The highest BCUT2D eigenvalue weighted by atomic mass is 35.5. The number of amides is 1. The van der Waals surface area contributed by atoms with Gasteiger partial charge in [0, 0.05) is 6.04 Å². The number of carboxylic acids is 1. The highest BCUT2D eigenvalue weighted by molar-refractivity contribution is 7.98. The van der Waals surface area contributed by atoms with E-state index in [4.69, 9.17) is 16.7 Å². The fraction of sp³-hybridized carbons (Fsp3) is 0.500. The normalized spacial score (nSPS) is 21.7. The van der Waals surface area contributed by atoms with Gasteiger partial charge in [-0.05, 0) is 19.1 Å². The smallest absolute Gasteiger partial charge is 0.308 e. The van der Waals surface area contributed by atoms with Crippen LogP contribution in [0.2, 0.25) is 5.02 Å². The Bertz CT molecular complexity index is 541. The summed E-state index contributed by atoms with van der Waals surface area (Å²) in [6, 6.07) is -0.372. The van der Waals surface area contributed by atoms with Gasteiger partial charge in [-0.15, -0.1) is 0 Å². The molecule has 20 heavy (non-hydrogen) atoms. The zero-order valence-corrected chi connectivity index (χ0v) is 12.4. The summed E-state index contributed by atoms with van der Waals surface area (Å²) in [5, 5.41) is 12.4. The Kier molecular flexibility index (Phi) is 4.82. The third-order valence-electron chi connectivity index (χ3n) is 3.27. The largest absolute Gasteiger partial charge is 0.481 e. The topological polar surface area (TPSA) is 92.2 Å². The molecule has 1 fully saturated rings. The van der Waals surface area contributed by atoms with Gasteiger partial charge in [-0.2, -0.15) is 0 Å². The predicted molar refractivity (Wildman–Crippen MR) is 75.1 cm³/mol. The first-order valence-electron chi connectivity index (χ1n) is 6.13. The third-order valence-corrected chi connectivity index (χ3v) is 4.11. The van der Waals surface area contributed by atoms with Gasteiger partial charge >= 0.3 is 5.97 Å². The summed E-state index contributed by atoms with van der Waals surface area (Å²) in [5.41, 5.74) is 0.0852. The zero-order valence-electron chi connectivity index (χ0n) is 10.8. The van der Waals surface area contributed by atoms with E-state index in [9.17, 15) is 9.59 Å². The highest BCUT2D eigenvalue weighted by Gasteiger charge is 2.34. The maximum absolute atomic E-state index is 12.2. The van der Waals surface area contributed by atoms with E-state index in [1.165, 1.54) is 18.0 Å². The molecule has 1 heterocycles. The summed E-state index contributed by atoms with van der Waals surface area (Å²) in [4.78, 5) is 31.3. The lowest BCUT2D eigenvalue weighted by Gasteiger charge is -2.17. The number of nitrogens with zero attached hydrogens (tertiary/aromatic N) is 2. The van der Waals surface area contributed by atoms with Gasteiger partial charge in [-0.25, -0.2) is 9.97 Å². The van der Waals surface area contributed by atoms with Gasteiger partial charge in [0.15, 0.2) is 10.9 Å². The van der Waals surface area contributed by atoms with Crippen molar-refractivity contribution < 1.29 is 14.7 Å². The van der Waals surface area contributed by atoms with E-state index in [0.29, 0.717) is 18.0 Å². The number of carbonyl (C=O) groups is 2. The van der Waals surface area contributed by atoms with Crippen LogP contribution in [-0.2, 0) is 4.79 Å². The molecule has 1 aliphatic carbocycles. The molecule has 1 aliphatic rings. The van der Waals surface area contributed by atoms with Crippen molar-refractivity contribution in [2.45, 2.75) is 30.5 Å². The van der Waals surface area contributed by atoms with Crippen LogP contribution in [0, 0.1) is 5.92 Å². The first-order chi connectivity index (χ1) is 9.52. The number of halogens is 1. The van der Waals surface area contributed by atoms with Crippen LogP contribution in [0.5, 0.6) is 0 Å². The number of carbonyl (C=O) groups excluding carboxylic acids is 1. The molecule has 0 radical (unpaired) electrons. The Morgan fingerprint density at radius 2 is 2.25 bits per heavy atom.